The van der Waals surface area contributed by atoms with E-state index in [0.29, 0.717) is 6.10 Å². The molecule has 2 atom stereocenters. The van der Waals surface area contributed by atoms with Crippen LogP contribution in [-0.4, -0.2) is 23.3 Å². The number of rotatable bonds is 3. The molecule has 1 N–H and O–H groups in total. The van der Waals surface area contributed by atoms with E-state index in [1.807, 2.05) is 0 Å². The van der Waals surface area contributed by atoms with E-state index < -0.39 is 5.97 Å². The molecule has 1 aliphatic carbocycles. The molecule has 2 fully saturated rings. The van der Waals surface area contributed by atoms with Gasteiger partial charge in [-0.2, -0.15) is 0 Å². The molecule has 0 unspecified atom stereocenters. The Bertz CT molecular complexity index is 198. The predicted molar refractivity (Wildman–Crippen MR) is 47.5 cm³/mol. The van der Waals surface area contributed by atoms with E-state index in [0.717, 1.165) is 25.2 Å². The van der Waals surface area contributed by atoms with Gasteiger partial charge in [0.2, 0.25) is 0 Å². The van der Waals surface area contributed by atoms with Gasteiger partial charge >= 0.3 is 5.97 Å². The third-order valence-corrected chi connectivity index (χ3v) is 2.93. The van der Waals surface area contributed by atoms with E-state index in [1.54, 1.807) is 0 Å². The van der Waals surface area contributed by atoms with Crippen LogP contribution in [0.25, 0.3) is 0 Å². The molecule has 2 rings (SSSR count). The van der Waals surface area contributed by atoms with Gasteiger partial charge in [0.25, 0.3) is 0 Å². The van der Waals surface area contributed by atoms with Crippen LogP contribution in [0.15, 0.2) is 0 Å². The number of hydrogen-bond donors (Lipinski definition) is 1. The zero-order chi connectivity index (χ0) is 9.26. The summed E-state index contributed by atoms with van der Waals surface area (Å²) in [5.74, 6) is 0.0121. The highest BCUT2D eigenvalue weighted by Gasteiger charge is 2.35. The molecule has 0 bridgehead atoms. The molecule has 1 saturated heterocycles. The zero-order valence-electron chi connectivity index (χ0n) is 7.74. The lowest BCUT2D eigenvalue weighted by molar-refractivity contribution is -0.143. The van der Waals surface area contributed by atoms with Crippen molar-refractivity contribution < 1.29 is 14.6 Å². The van der Waals surface area contributed by atoms with Gasteiger partial charge in [0.1, 0.15) is 0 Å². The van der Waals surface area contributed by atoms with Gasteiger partial charge in [-0.1, -0.05) is 0 Å². The average molecular weight is 184 g/mol. The van der Waals surface area contributed by atoms with Crippen LogP contribution >= 0.6 is 0 Å². The van der Waals surface area contributed by atoms with Crippen LogP contribution < -0.4 is 0 Å². The number of ether oxygens (including phenoxy) is 1. The quantitative estimate of drug-likeness (QED) is 0.727. The largest absolute Gasteiger partial charge is 0.481 e. The van der Waals surface area contributed by atoms with Crippen molar-refractivity contribution >= 4 is 5.97 Å². The SMILES string of the molecule is O=C(O)C[C@@H]1CCC[C@H](C2CC2)O1. The van der Waals surface area contributed by atoms with Crippen LogP contribution in [0.3, 0.4) is 0 Å². The minimum Gasteiger partial charge on any atom is -0.481 e. The topological polar surface area (TPSA) is 46.5 Å². The summed E-state index contributed by atoms with van der Waals surface area (Å²) in [5.41, 5.74) is 0. The highest BCUT2D eigenvalue weighted by atomic mass is 16.5. The second-order valence-corrected chi connectivity index (χ2v) is 4.16. The monoisotopic (exact) mass is 184 g/mol. The number of carboxylic acid groups (broad SMARTS) is 1. The maximum absolute atomic E-state index is 10.5. The summed E-state index contributed by atoms with van der Waals surface area (Å²) in [5, 5.41) is 8.63. The lowest BCUT2D eigenvalue weighted by Crippen LogP contribution is -2.30. The van der Waals surface area contributed by atoms with Crippen molar-refractivity contribution in [1.82, 2.24) is 0 Å². The summed E-state index contributed by atoms with van der Waals surface area (Å²) in [6.45, 7) is 0. The van der Waals surface area contributed by atoms with Gasteiger partial charge in [-0.25, -0.2) is 0 Å². The van der Waals surface area contributed by atoms with Gasteiger partial charge in [-0.15, -0.1) is 0 Å². The molecule has 3 nitrogen and oxygen atoms in total. The Hall–Kier alpha value is -0.570. The first-order valence-corrected chi connectivity index (χ1v) is 5.13. The van der Waals surface area contributed by atoms with Gasteiger partial charge in [0.15, 0.2) is 0 Å². The van der Waals surface area contributed by atoms with Crippen LogP contribution in [0.1, 0.15) is 38.5 Å². The molecule has 2 aliphatic rings. The molecule has 74 valence electrons. The van der Waals surface area contributed by atoms with Crippen LogP contribution in [0.4, 0.5) is 0 Å². The maximum atomic E-state index is 10.5. The van der Waals surface area contributed by atoms with Crippen molar-refractivity contribution in [3.63, 3.8) is 0 Å². The van der Waals surface area contributed by atoms with Gasteiger partial charge in [0, 0.05) is 0 Å². The molecule has 0 aromatic heterocycles. The van der Waals surface area contributed by atoms with Crippen LogP contribution in [-0.2, 0) is 9.53 Å². The number of hydrogen-bond acceptors (Lipinski definition) is 2. The Labute approximate surface area is 78.1 Å². The van der Waals surface area contributed by atoms with Gasteiger partial charge in [-0.3, -0.25) is 4.79 Å². The van der Waals surface area contributed by atoms with Gasteiger partial charge < -0.3 is 9.84 Å². The molecule has 0 aromatic carbocycles. The summed E-state index contributed by atoms with van der Waals surface area (Å²) in [4.78, 5) is 10.5. The van der Waals surface area contributed by atoms with Crippen molar-refractivity contribution in [2.24, 2.45) is 5.92 Å². The Kier molecular flexibility index (Phi) is 2.54. The summed E-state index contributed by atoms with van der Waals surface area (Å²) in [6, 6.07) is 0. The van der Waals surface area contributed by atoms with E-state index in [2.05, 4.69) is 0 Å². The molecule has 13 heavy (non-hydrogen) atoms. The number of carboxylic acids is 1. The van der Waals surface area contributed by atoms with E-state index in [-0.39, 0.29) is 12.5 Å². The van der Waals surface area contributed by atoms with Gasteiger partial charge in [0.05, 0.1) is 18.6 Å². The van der Waals surface area contributed by atoms with Crippen LogP contribution in [0.5, 0.6) is 0 Å². The van der Waals surface area contributed by atoms with Crippen molar-refractivity contribution in [2.75, 3.05) is 0 Å². The number of carbonyl (C=O) groups is 1. The highest BCUT2D eigenvalue weighted by Crippen LogP contribution is 2.39. The highest BCUT2D eigenvalue weighted by molar-refractivity contribution is 5.67. The molecular weight excluding hydrogens is 168 g/mol. The Morgan fingerprint density at radius 1 is 1.31 bits per heavy atom. The Balaban J connectivity index is 1.80. The van der Waals surface area contributed by atoms with Gasteiger partial charge in [-0.05, 0) is 38.0 Å². The third kappa shape index (κ3) is 2.44. The van der Waals surface area contributed by atoms with E-state index in [1.165, 1.54) is 12.8 Å². The van der Waals surface area contributed by atoms with Crippen LogP contribution in [0.2, 0.25) is 0 Å². The summed E-state index contributed by atoms with van der Waals surface area (Å²) in [7, 11) is 0. The lowest BCUT2D eigenvalue weighted by Gasteiger charge is -2.29. The fourth-order valence-electron chi connectivity index (χ4n) is 2.09. The van der Waals surface area contributed by atoms with Crippen LogP contribution in [0, 0.1) is 5.92 Å². The molecule has 1 aliphatic heterocycles. The minimum atomic E-state index is -0.735. The summed E-state index contributed by atoms with van der Waals surface area (Å²) in [6.07, 6.45) is 6.31. The maximum Gasteiger partial charge on any atom is 0.305 e. The van der Waals surface area contributed by atoms with Crippen molar-refractivity contribution in [3.8, 4) is 0 Å². The fraction of sp³-hybridized carbons (Fsp3) is 0.900. The Morgan fingerprint density at radius 3 is 2.69 bits per heavy atom. The van der Waals surface area contributed by atoms with Crippen molar-refractivity contribution in [3.05, 3.63) is 0 Å². The second-order valence-electron chi connectivity index (χ2n) is 4.16. The average Bonchev–Trinajstić information content (AvgIpc) is 2.85. The zero-order valence-corrected chi connectivity index (χ0v) is 7.74. The first-order valence-electron chi connectivity index (χ1n) is 5.13. The lowest BCUT2D eigenvalue weighted by atomic mass is 9.99. The van der Waals surface area contributed by atoms with E-state index >= 15 is 0 Å². The predicted octanol–water partition coefficient (Wildman–Crippen LogP) is 1.81. The standard InChI is InChI=1S/C10H16O3/c11-10(12)6-8-2-1-3-9(13-8)7-4-5-7/h7-9H,1-6H2,(H,11,12)/t8-,9+/m0/s1. The molecule has 3 heteroatoms. The molecular formula is C10H16O3. The fourth-order valence-corrected chi connectivity index (χ4v) is 2.09. The first-order chi connectivity index (χ1) is 6.25. The van der Waals surface area contributed by atoms with Crippen molar-refractivity contribution in [2.45, 2.75) is 50.7 Å². The molecule has 0 amide bonds. The first kappa shape index (κ1) is 9.00. The molecule has 0 spiro atoms. The van der Waals surface area contributed by atoms with E-state index in [4.69, 9.17) is 9.84 Å². The molecule has 0 radical (unpaired) electrons. The van der Waals surface area contributed by atoms with E-state index in [9.17, 15) is 4.79 Å². The molecule has 0 aromatic rings. The third-order valence-electron chi connectivity index (χ3n) is 2.93. The Morgan fingerprint density at radius 2 is 2.08 bits per heavy atom. The second kappa shape index (κ2) is 3.66. The molecule has 1 heterocycles. The number of aliphatic carboxylic acids is 1. The van der Waals surface area contributed by atoms with Crippen molar-refractivity contribution in [1.29, 1.82) is 0 Å². The minimum absolute atomic E-state index is 0.0168. The smallest absolute Gasteiger partial charge is 0.305 e. The summed E-state index contributed by atoms with van der Waals surface area (Å²) >= 11 is 0. The summed E-state index contributed by atoms with van der Waals surface area (Å²) < 4.78 is 5.74. The molecule has 1 saturated carbocycles. The normalized spacial score (nSPS) is 34.5.